The molecule has 1 saturated heterocycles. The zero-order valence-corrected chi connectivity index (χ0v) is 12.6. The Morgan fingerprint density at radius 3 is 3.05 bits per heavy atom. The number of fused-ring (bicyclic) bond motifs is 1. The molecule has 0 aliphatic carbocycles. The van der Waals surface area contributed by atoms with E-state index in [2.05, 4.69) is 4.90 Å². The molecule has 1 aromatic carbocycles. The monoisotopic (exact) mass is 308 g/mol. The van der Waals surface area contributed by atoms with E-state index in [0.29, 0.717) is 13.2 Å². The molecule has 0 aromatic heterocycles. The lowest BCUT2D eigenvalue weighted by Crippen LogP contribution is -2.29. The van der Waals surface area contributed by atoms with Gasteiger partial charge >= 0.3 is 0 Å². The first-order valence-corrected chi connectivity index (χ1v) is 7.44. The number of nitro groups is 1. The number of hydrogen-bond donors (Lipinski definition) is 0. The van der Waals surface area contributed by atoms with Crippen LogP contribution in [-0.4, -0.2) is 42.9 Å². The molecule has 2 aliphatic rings. The third kappa shape index (κ3) is 3.37. The normalized spacial score (nSPS) is 20.7. The highest BCUT2D eigenvalue weighted by Crippen LogP contribution is 2.33. The van der Waals surface area contributed by atoms with Crippen LogP contribution in [0.4, 0.5) is 5.69 Å². The van der Waals surface area contributed by atoms with Crippen LogP contribution in [0.3, 0.4) is 0 Å². The Balaban J connectivity index is 1.78. The Bertz CT molecular complexity index is 557. The number of likely N-dealkylation sites (N-methyl/N-ethyl adjacent to an activating group) is 1. The summed E-state index contributed by atoms with van der Waals surface area (Å²) in [5.74, 6) is 0.719. The Morgan fingerprint density at radius 1 is 1.45 bits per heavy atom. The molecule has 7 nitrogen and oxygen atoms in total. The van der Waals surface area contributed by atoms with Gasteiger partial charge in [0.05, 0.1) is 17.6 Å². The van der Waals surface area contributed by atoms with Crippen molar-refractivity contribution in [1.82, 2.24) is 4.90 Å². The van der Waals surface area contributed by atoms with Gasteiger partial charge in [-0.3, -0.25) is 15.0 Å². The summed E-state index contributed by atoms with van der Waals surface area (Å²) in [7, 11) is 1.99. The highest BCUT2D eigenvalue weighted by molar-refractivity contribution is 5.50. The van der Waals surface area contributed by atoms with Gasteiger partial charge < -0.3 is 14.2 Å². The molecule has 0 N–H and O–H groups in total. The fourth-order valence-electron chi connectivity index (χ4n) is 2.99. The number of rotatable bonds is 5. The van der Waals surface area contributed by atoms with Crippen molar-refractivity contribution in [1.29, 1.82) is 0 Å². The minimum Gasteiger partial charge on any atom is -0.467 e. The van der Waals surface area contributed by atoms with Crippen molar-refractivity contribution in [3.8, 4) is 5.75 Å². The van der Waals surface area contributed by atoms with Crippen LogP contribution < -0.4 is 4.74 Å². The van der Waals surface area contributed by atoms with Crippen molar-refractivity contribution in [3.63, 3.8) is 0 Å². The highest BCUT2D eigenvalue weighted by atomic mass is 16.7. The highest BCUT2D eigenvalue weighted by Gasteiger charge is 2.23. The summed E-state index contributed by atoms with van der Waals surface area (Å²) in [5.41, 5.74) is 1.64. The van der Waals surface area contributed by atoms with Crippen LogP contribution in [0, 0.1) is 10.1 Å². The maximum atomic E-state index is 11.1. The average molecular weight is 308 g/mol. The van der Waals surface area contributed by atoms with Gasteiger partial charge in [-0.15, -0.1) is 0 Å². The molecule has 1 fully saturated rings. The van der Waals surface area contributed by atoms with E-state index in [4.69, 9.17) is 14.2 Å². The van der Waals surface area contributed by atoms with E-state index >= 15 is 0 Å². The van der Waals surface area contributed by atoms with Crippen LogP contribution in [0.2, 0.25) is 0 Å². The fourth-order valence-corrected chi connectivity index (χ4v) is 2.99. The van der Waals surface area contributed by atoms with E-state index < -0.39 is 0 Å². The Morgan fingerprint density at radius 2 is 2.32 bits per heavy atom. The predicted molar refractivity (Wildman–Crippen MR) is 78.7 cm³/mol. The molecule has 0 radical (unpaired) electrons. The van der Waals surface area contributed by atoms with Gasteiger partial charge in [0.1, 0.15) is 5.75 Å². The Hall–Kier alpha value is -1.70. The molecule has 0 unspecified atom stereocenters. The van der Waals surface area contributed by atoms with Crippen LogP contribution in [-0.2, 0) is 22.6 Å². The van der Waals surface area contributed by atoms with Crippen molar-refractivity contribution in [2.45, 2.75) is 32.1 Å². The summed E-state index contributed by atoms with van der Waals surface area (Å²) in [4.78, 5) is 12.8. The molecule has 1 aromatic rings. The van der Waals surface area contributed by atoms with E-state index in [1.807, 2.05) is 7.05 Å². The first kappa shape index (κ1) is 15.2. The largest absolute Gasteiger partial charge is 0.467 e. The predicted octanol–water partition coefficient (Wildman–Crippen LogP) is 2.07. The summed E-state index contributed by atoms with van der Waals surface area (Å²) in [6, 6.07) is 3.12. The topological polar surface area (TPSA) is 74.1 Å². The van der Waals surface area contributed by atoms with Crippen LogP contribution in [0.1, 0.15) is 24.0 Å². The molecule has 0 saturated carbocycles. The van der Waals surface area contributed by atoms with Gasteiger partial charge in [-0.05, 0) is 19.9 Å². The van der Waals surface area contributed by atoms with Gasteiger partial charge in [0, 0.05) is 43.0 Å². The van der Waals surface area contributed by atoms with Crippen LogP contribution in [0.5, 0.6) is 5.75 Å². The minimum atomic E-state index is -0.377. The molecule has 2 aliphatic heterocycles. The van der Waals surface area contributed by atoms with Gasteiger partial charge in [-0.1, -0.05) is 0 Å². The molecule has 3 rings (SSSR count). The van der Waals surface area contributed by atoms with Gasteiger partial charge in [-0.25, -0.2) is 0 Å². The standard InChI is InChI=1S/C15H20N2O5/c1-16(8-14-3-2-4-21-14)7-11-5-13(17(18)19)6-12-9-20-10-22-15(11)12/h5-6,14H,2-4,7-10H2,1H3/t14-/m1/s1. The quantitative estimate of drug-likeness (QED) is 0.612. The van der Waals surface area contributed by atoms with Crippen molar-refractivity contribution in [2.75, 3.05) is 27.0 Å². The summed E-state index contributed by atoms with van der Waals surface area (Å²) >= 11 is 0. The second-order valence-electron chi connectivity index (χ2n) is 5.79. The molecule has 0 bridgehead atoms. The van der Waals surface area contributed by atoms with Crippen molar-refractivity contribution in [3.05, 3.63) is 33.4 Å². The molecule has 2 heterocycles. The summed E-state index contributed by atoms with van der Waals surface area (Å²) < 4.78 is 16.4. The first-order chi connectivity index (χ1) is 10.6. The number of nitro benzene ring substituents is 1. The zero-order chi connectivity index (χ0) is 15.5. The number of ether oxygens (including phenoxy) is 3. The average Bonchev–Trinajstić information content (AvgIpc) is 2.99. The molecular weight excluding hydrogens is 288 g/mol. The van der Waals surface area contributed by atoms with E-state index in [9.17, 15) is 10.1 Å². The van der Waals surface area contributed by atoms with E-state index in [-0.39, 0.29) is 23.5 Å². The molecule has 0 amide bonds. The molecular formula is C15H20N2O5. The van der Waals surface area contributed by atoms with Gasteiger partial charge in [-0.2, -0.15) is 0 Å². The third-order valence-electron chi connectivity index (χ3n) is 3.96. The SMILES string of the molecule is CN(Cc1cc([N+](=O)[O-])cc2c1OCOC2)C[C@H]1CCCO1. The molecule has 120 valence electrons. The molecule has 7 heteroatoms. The summed E-state index contributed by atoms with van der Waals surface area (Å²) in [6.45, 7) is 2.76. The van der Waals surface area contributed by atoms with Crippen molar-refractivity contribution < 1.29 is 19.1 Å². The number of non-ortho nitro benzene ring substituents is 1. The third-order valence-corrected chi connectivity index (χ3v) is 3.96. The lowest BCUT2D eigenvalue weighted by molar-refractivity contribution is -0.385. The zero-order valence-electron chi connectivity index (χ0n) is 12.6. The van der Waals surface area contributed by atoms with Crippen molar-refractivity contribution >= 4 is 5.69 Å². The summed E-state index contributed by atoms with van der Waals surface area (Å²) in [6.07, 6.45) is 2.43. The lowest BCUT2D eigenvalue weighted by Gasteiger charge is -2.24. The fraction of sp³-hybridized carbons (Fsp3) is 0.600. The minimum absolute atomic E-state index is 0.0772. The Kier molecular flexibility index (Phi) is 4.56. The number of hydrogen-bond acceptors (Lipinski definition) is 6. The van der Waals surface area contributed by atoms with E-state index in [1.165, 1.54) is 6.07 Å². The van der Waals surface area contributed by atoms with Crippen LogP contribution in [0.15, 0.2) is 12.1 Å². The lowest BCUT2D eigenvalue weighted by atomic mass is 10.1. The number of nitrogens with zero attached hydrogens (tertiary/aromatic N) is 2. The summed E-state index contributed by atoms with van der Waals surface area (Å²) in [5, 5.41) is 11.1. The van der Waals surface area contributed by atoms with E-state index in [1.54, 1.807) is 6.07 Å². The van der Waals surface area contributed by atoms with Crippen molar-refractivity contribution in [2.24, 2.45) is 0 Å². The second kappa shape index (κ2) is 6.60. The van der Waals surface area contributed by atoms with Gasteiger partial charge in [0.15, 0.2) is 6.79 Å². The smallest absolute Gasteiger partial charge is 0.270 e. The van der Waals surface area contributed by atoms with Crippen LogP contribution in [0.25, 0.3) is 0 Å². The maximum Gasteiger partial charge on any atom is 0.270 e. The Labute approximate surface area is 128 Å². The van der Waals surface area contributed by atoms with Gasteiger partial charge in [0.2, 0.25) is 0 Å². The first-order valence-electron chi connectivity index (χ1n) is 7.44. The number of benzene rings is 1. The second-order valence-corrected chi connectivity index (χ2v) is 5.79. The molecule has 22 heavy (non-hydrogen) atoms. The molecule has 0 spiro atoms. The van der Waals surface area contributed by atoms with Gasteiger partial charge in [0.25, 0.3) is 5.69 Å². The molecule has 1 atom stereocenters. The van der Waals surface area contributed by atoms with E-state index in [0.717, 1.165) is 42.9 Å². The van der Waals surface area contributed by atoms with Crippen LogP contribution >= 0.6 is 0 Å². The maximum absolute atomic E-state index is 11.1.